The number of nitrogens with zero attached hydrogens (tertiary/aromatic N) is 1. The fraction of sp³-hybridized carbons (Fsp3) is 0.684. The summed E-state index contributed by atoms with van der Waals surface area (Å²) >= 11 is 0. The van der Waals surface area contributed by atoms with Gasteiger partial charge in [0.2, 0.25) is 0 Å². The van der Waals surface area contributed by atoms with Gasteiger partial charge < -0.3 is 9.64 Å². The van der Waals surface area contributed by atoms with Gasteiger partial charge in [0.25, 0.3) is 0 Å². The van der Waals surface area contributed by atoms with E-state index in [9.17, 15) is 0 Å². The maximum Gasteiger partial charge on any atom is 0.119 e. The molecular formula is C19H33NO. The van der Waals surface area contributed by atoms with Gasteiger partial charge >= 0.3 is 0 Å². The van der Waals surface area contributed by atoms with Crippen molar-refractivity contribution in [2.75, 3.05) is 20.1 Å². The third-order valence-electron chi connectivity index (χ3n) is 3.71. The molecule has 0 aliphatic carbocycles. The second-order valence-electron chi connectivity index (χ2n) is 6.90. The minimum atomic E-state index is 0.370. The Morgan fingerprint density at radius 2 is 1.71 bits per heavy atom. The van der Waals surface area contributed by atoms with Crippen molar-refractivity contribution in [1.29, 1.82) is 0 Å². The van der Waals surface area contributed by atoms with E-state index < -0.39 is 0 Å². The van der Waals surface area contributed by atoms with Crippen LogP contribution in [-0.4, -0.2) is 31.1 Å². The molecule has 1 heterocycles. The van der Waals surface area contributed by atoms with E-state index in [1.54, 1.807) is 0 Å². The molecule has 0 saturated carbocycles. The van der Waals surface area contributed by atoms with Gasteiger partial charge in [-0.1, -0.05) is 46.8 Å². The van der Waals surface area contributed by atoms with Crippen molar-refractivity contribution >= 4 is 0 Å². The normalized spacial score (nSPS) is 20.0. The molecule has 1 fully saturated rings. The van der Waals surface area contributed by atoms with Crippen LogP contribution in [-0.2, 0) is 0 Å². The molecule has 1 aromatic carbocycles. The molecule has 1 aromatic rings. The molecule has 2 unspecified atom stereocenters. The Labute approximate surface area is 131 Å². The Hall–Kier alpha value is -1.02. The van der Waals surface area contributed by atoms with Crippen molar-refractivity contribution in [3.8, 4) is 5.75 Å². The first-order valence-corrected chi connectivity index (χ1v) is 8.37. The molecule has 0 N–H and O–H groups in total. The third-order valence-corrected chi connectivity index (χ3v) is 3.71. The predicted octanol–water partition coefficient (Wildman–Crippen LogP) is 4.95. The summed E-state index contributed by atoms with van der Waals surface area (Å²) in [5, 5.41) is 0. The number of hydrogen-bond donors (Lipinski definition) is 0. The van der Waals surface area contributed by atoms with E-state index in [4.69, 9.17) is 4.74 Å². The van der Waals surface area contributed by atoms with Gasteiger partial charge in [-0.3, -0.25) is 0 Å². The highest BCUT2D eigenvalue weighted by molar-refractivity contribution is 5.29. The summed E-state index contributed by atoms with van der Waals surface area (Å²) in [6.07, 6.45) is 2.70. The summed E-state index contributed by atoms with van der Waals surface area (Å²) in [6.45, 7) is 13.2. The highest BCUT2D eigenvalue weighted by Crippen LogP contribution is 2.23. The van der Waals surface area contributed by atoms with Crippen molar-refractivity contribution in [2.24, 2.45) is 5.92 Å². The molecule has 21 heavy (non-hydrogen) atoms. The highest BCUT2D eigenvalue weighted by atomic mass is 16.5. The zero-order valence-corrected chi connectivity index (χ0v) is 14.7. The average Bonchev–Trinajstić information content (AvgIpc) is 2.83. The molecule has 0 spiro atoms. The molecule has 1 aliphatic heterocycles. The van der Waals surface area contributed by atoms with Gasteiger partial charge in [0.05, 0.1) is 0 Å². The van der Waals surface area contributed by atoms with E-state index in [2.05, 4.69) is 70.8 Å². The molecular weight excluding hydrogens is 258 g/mol. The van der Waals surface area contributed by atoms with Crippen molar-refractivity contribution < 1.29 is 4.74 Å². The monoisotopic (exact) mass is 291 g/mol. The van der Waals surface area contributed by atoms with E-state index >= 15 is 0 Å². The van der Waals surface area contributed by atoms with Crippen LogP contribution >= 0.6 is 0 Å². The van der Waals surface area contributed by atoms with Crippen molar-refractivity contribution in [3.05, 3.63) is 29.8 Å². The number of likely N-dealkylation sites (tertiary alicyclic amines) is 1. The van der Waals surface area contributed by atoms with Crippen molar-refractivity contribution in [2.45, 2.75) is 59.5 Å². The lowest BCUT2D eigenvalue weighted by Crippen LogP contribution is -2.21. The van der Waals surface area contributed by atoms with Crippen LogP contribution in [0.3, 0.4) is 0 Å². The molecule has 0 radical (unpaired) electrons. The lowest BCUT2D eigenvalue weighted by Gasteiger charge is -2.15. The molecule has 2 nitrogen and oxygen atoms in total. The maximum atomic E-state index is 5.97. The Bertz CT molecular complexity index is 382. The summed E-state index contributed by atoms with van der Waals surface area (Å²) in [6, 6.07) is 8.62. The summed E-state index contributed by atoms with van der Waals surface area (Å²) in [7, 11) is 2.15. The maximum absolute atomic E-state index is 5.97. The second-order valence-corrected chi connectivity index (χ2v) is 6.90. The molecule has 2 atom stereocenters. The van der Waals surface area contributed by atoms with Crippen LogP contribution in [0.25, 0.3) is 0 Å². The molecule has 2 rings (SSSR count). The first-order valence-electron chi connectivity index (χ1n) is 8.37. The minimum Gasteiger partial charge on any atom is -0.489 e. The lowest BCUT2D eigenvalue weighted by molar-refractivity contribution is 0.208. The van der Waals surface area contributed by atoms with Crippen LogP contribution < -0.4 is 4.74 Å². The van der Waals surface area contributed by atoms with Gasteiger partial charge in [-0.25, -0.2) is 0 Å². The molecule has 0 aromatic heterocycles. The largest absolute Gasteiger partial charge is 0.489 e. The SMILES string of the molecule is CC(C)C.CCC(C)c1ccc(OC2CCN(C)C2)cc1. The molecule has 2 heteroatoms. The molecule has 0 bridgehead atoms. The first kappa shape index (κ1) is 18.0. The third kappa shape index (κ3) is 6.99. The van der Waals surface area contributed by atoms with Crippen LogP contribution in [0.5, 0.6) is 5.75 Å². The van der Waals surface area contributed by atoms with Gasteiger partial charge in [-0.2, -0.15) is 0 Å². The number of ether oxygens (including phenoxy) is 1. The Kier molecular flexibility index (Phi) is 7.81. The molecule has 1 aliphatic rings. The van der Waals surface area contributed by atoms with Crippen LogP contribution in [0.4, 0.5) is 0 Å². The van der Waals surface area contributed by atoms with Gasteiger partial charge in [-0.05, 0) is 49.4 Å². The summed E-state index contributed by atoms with van der Waals surface area (Å²) in [4.78, 5) is 2.32. The van der Waals surface area contributed by atoms with Gasteiger partial charge in [0.1, 0.15) is 11.9 Å². The zero-order valence-electron chi connectivity index (χ0n) is 14.7. The topological polar surface area (TPSA) is 12.5 Å². The lowest BCUT2D eigenvalue weighted by atomic mass is 9.99. The molecule has 1 saturated heterocycles. The first-order chi connectivity index (χ1) is 9.92. The van der Waals surface area contributed by atoms with Gasteiger partial charge in [-0.15, -0.1) is 0 Å². The van der Waals surface area contributed by atoms with Crippen LogP contribution in [0.2, 0.25) is 0 Å². The zero-order chi connectivity index (χ0) is 15.8. The van der Waals surface area contributed by atoms with E-state index in [0.29, 0.717) is 12.0 Å². The number of likely N-dealkylation sites (N-methyl/N-ethyl adjacent to an activating group) is 1. The summed E-state index contributed by atoms with van der Waals surface area (Å²) in [5.41, 5.74) is 1.41. The van der Waals surface area contributed by atoms with E-state index in [1.807, 2.05) is 0 Å². The van der Waals surface area contributed by atoms with Crippen LogP contribution in [0.1, 0.15) is 58.9 Å². The summed E-state index contributed by atoms with van der Waals surface area (Å²) < 4.78 is 5.97. The van der Waals surface area contributed by atoms with Gasteiger partial charge in [0.15, 0.2) is 0 Å². The minimum absolute atomic E-state index is 0.370. The number of hydrogen-bond acceptors (Lipinski definition) is 2. The predicted molar refractivity (Wildman–Crippen MR) is 92.2 cm³/mol. The molecule has 120 valence electrons. The van der Waals surface area contributed by atoms with E-state index in [1.165, 1.54) is 12.0 Å². The number of benzene rings is 1. The van der Waals surface area contributed by atoms with Gasteiger partial charge in [0, 0.05) is 13.1 Å². The van der Waals surface area contributed by atoms with E-state index in [0.717, 1.165) is 31.2 Å². The van der Waals surface area contributed by atoms with Crippen LogP contribution in [0.15, 0.2) is 24.3 Å². The van der Waals surface area contributed by atoms with Crippen molar-refractivity contribution in [3.63, 3.8) is 0 Å². The number of rotatable bonds is 4. The highest BCUT2D eigenvalue weighted by Gasteiger charge is 2.20. The van der Waals surface area contributed by atoms with Crippen LogP contribution in [0, 0.1) is 5.92 Å². The summed E-state index contributed by atoms with van der Waals surface area (Å²) in [5.74, 6) is 2.49. The quantitative estimate of drug-likeness (QED) is 0.778. The second kappa shape index (κ2) is 9.09. The smallest absolute Gasteiger partial charge is 0.119 e. The molecule has 0 amide bonds. The van der Waals surface area contributed by atoms with E-state index in [-0.39, 0.29) is 0 Å². The Balaban J connectivity index is 0.000000491. The fourth-order valence-corrected chi connectivity index (χ4v) is 2.29. The Morgan fingerprint density at radius 1 is 1.14 bits per heavy atom. The average molecular weight is 291 g/mol. The van der Waals surface area contributed by atoms with Crippen molar-refractivity contribution in [1.82, 2.24) is 4.90 Å². The Morgan fingerprint density at radius 3 is 2.14 bits per heavy atom. The standard InChI is InChI=1S/C15H23NO.C4H10/c1-4-12(2)13-5-7-14(8-6-13)17-15-9-10-16(3)11-15;1-4(2)3/h5-8,12,15H,4,9-11H2,1-3H3;4H,1-3H3. The fourth-order valence-electron chi connectivity index (χ4n) is 2.29.